The summed E-state index contributed by atoms with van der Waals surface area (Å²) in [7, 11) is 4.09. The number of halogens is 2. The Hall–Kier alpha value is -1.34. The quantitative estimate of drug-likeness (QED) is 0.340. The number of benzene rings is 1. The summed E-state index contributed by atoms with van der Waals surface area (Å²) < 4.78 is 0. The van der Waals surface area contributed by atoms with Crippen LogP contribution < -0.4 is 5.32 Å². The Kier molecular flexibility index (Phi) is 10.6. The molecule has 1 saturated carbocycles. The molecule has 2 rings (SSSR count). The monoisotopic (exact) mass is 472 g/mol. The maximum absolute atomic E-state index is 12.8. The lowest BCUT2D eigenvalue weighted by Gasteiger charge is -2.40. The van der Waals surface area contributed by atoms with Crippen molar-refractivity contribution in [3.8, 4) is 0 Å². The van der Waals surface area contributed by atoms with E-state index in [4.69, 9.17) is 23.2 Å². The number of carboxylic acids is 1. The fourth-order valence-corrected chi connectivity index (χ4v) is 5.17. The second-order valence-electron chi connectivity index (χ2n) is 8.70. The number of rotatable bonds is 11. The number of unbranched alkanes of at least 4 members (excludes halogenated alkanes) is 2. The molecular weight excluding hydrogens is 439 g/mol. The first-order valence-electron chi connectivity index (χ1n) is 10.9. The van der Waals surface area contributed by atoms with Gasteiger partial charge in [-0.25, -0.2) is 4.79 Å². The Morgan fingerprint density at radius 1 is 1.16 bits per heavy atom. The molecule has 5 unspecified atom stereocenters. The van der Waals surface area contributed by atoms with Gasteiger partial charge in [0.1, 0.15) is 6.04 Å². The topological polar surface area (TPSA) is 89.9 Å². The van der Waals surface area contributed by atoms with E-state index < -0.39 is 35.3 Å². The van der Waals surface area contributed by atoms with Gasteiger partial charge in [-0.1, -0.05) is 43.2 Å². The molecule has 3 N–H and O–H groups in total. The predicted octanol–water partition coefficient (Wildman–Crippen LogP) is 3.13. The van der Waals surface area contributed by atoms with Gasteiger partial charge in [0.05, 0.1) is 17.4 Å². The first-order chi connectivity index (χ1) is 14.7. The van der Waals surface area contributed by atoms with Crippen molar-refractivity contribution in [1.29, 1.82) is 0 Å². The normalized spacial score (nSPS) is 27.1. The smallest absolute Gasteiger partial charge is 0.326 e. The van der Waals surface area contributed by atoms with E-state index in [-0.39, 0.29) is 24.1 Å². The number of carbonyl (C=O) groups excluding carboxylic acids is 1. The van der Waals surface area contributed by atoms with Gasteiger partial charge in [0.15, 0.2) is 0 Å². The molecule has 1 aromatic rings. The minimum Gasteiger partial charge on any atom is -0.480 e. The number of alkyl halides is 2. The maximum Gasteiger partial charge on any atom is 0.326 e. The Bertz CT molecular complexity index is 704. The summed E-state index contributed by atoms with van der Waals surface area (Å²) in [5, 5.41) is 21.8. The highest BCUT2D eigenvalue weighted by atomic mass is 35.5. The summed E-state index contributed by atoms with van der Waals surface area (Å²) >= 11 is 13.1. The van der Waals surface area contributed by atoms with E-state index in [1.54, 1.807) is 0 Å². The van der Waals surface area contributed by atoms with Gasteiger partial charge in [-0.05, 0) is 51.4 Å². The number of hydrogen-bond acceptors (Lipinski definition) is 4. The number of aliphatic hydroxyl groups excluding tert-OH is 1. The number of aliphatic carboxylic acids is 1. The van der Waals surface area contributed by atoms with Crippen LogP contribution in [0.2, 0.25) is 0 Å². The lowest BCUT2D eigenvalue weighted by molar-refractivity contribution is -0.143. The molecule has 8 heteroatoms. The molecule has 1 aliphatic rings. The highest BCUT2D eigenvalue weighted by Crippen LogP contribution is 2.39. The third-order valence-corrected chi connectivity index (χ3v) is 7.05. The van der Waals surface area contributed by atoms with Crippen LogP contribution in [0.5, 0.6) is 0 Å². The number of amides is 1. The van der Waals surface area contributed by atoms with Crippen molar-refractivity contribution in [2.75, 3.05) is 20.6 Å². The summed E-state index contributed by atoms with van der Waals surface area (Å²) in [6.07, 6.45) is 3.29. The standard InChI is InChI=1S/C23H34Cl2N2O4/c1-27(2)12-8-4-7-11-16-18(24)14-17(21(28)20(16)25)22(29)26-19(23(30)31)13-15-9-5-3-6-10-15/h3,5-6,9-10,16-21,28H,4,7-8,11-14H2,1-2H3,(H,26,29)(H,30,31)/t16?,17?,18?,19-,20?,21?/m0/s1. The van der Waals surface area contributed by atoms with Crippen LogP contribution in [0.25, 0.3) is 0 Å². The average molecular weight is 473 g/mol. The Balaban J connectivity index is 1.92. The molecule has 31 heavy (non-hydrogen) atoms. The molecular formula is C23H34Cl2N2O4. The minimum absolute atomic E-state index is 0.0821. The van der Waals surface area contributed by atoms with Crippen LogP contribution in [0.4, 0.5) is 0 Å². The van der Waals surface area contributed by atoms with Gasteiger partial charge in [0, 0.05) is 11.8 Å². The molecule has 6 atom stereocenters. The van der Waals surface area contributed by atoms with Crippen molar-refractivity contribution in [3.63, 3.8) is 0 Å². The molecule has 0 saturated heterocycles. The lowest BCUT2D eigenvalue weighted by atomic mass is 9.76. The Labute approximate surface area is 194 Å². The number of hydrogen-bond donors (Lipinski definition) is 3. The van der Waals surface area contributed by atoms with E-state index in [0.717, 1.165) is 37.8 Å². The van der Waals surface area contributed by atoms with Crippen LogP contribution in [0.3, 0.4) is 0 Å². The van der Waals surface area contributed by atoms with Gasteiger partial charge in [-0.3, -0.25) is 4.79 Å². The molecule has 1 aliphatic carbocycles. The number of nitrogens with one attached hydrogen (secondary N) is 1. The Morgan fingerprint density at radius 2 is 1.84 bits per heavy atom. The number of carboxylic acid groups (broad SMARTS) is 1. The van der Waals surface area contributed by atoms with Gasteiger partial charge >= 0.3 is 5.97 Å². The van der Waals surface area contributed by atoms with Crippen molar-refractivity contribution < 1.29 is 19.8 Å². The van der Waals surface area contributed by atoms with Crippen LogP contribution in [-0.2, 0) is 16.0 Å². The van der Waals surface area contributed by atoms with Gasteiger partial charge < -0.3 is 20.4 Å². The third kappa shape index (κ3) is 7.94. The molecule has 0 aliphatic heterocycles. The van der Waals surface area contributed by atoms with Crippen molar-refractivity contribution in [1.82, 2.24) is 10.2 Å². The van der Waals surface area contributed by atoms with Crippen LogP contribution in [0, 0.1) is 11.8 Å². The average Bonchev–Trinajstić information content (AvgIpc) is 2.72. The summed E-state index contributed by atoms with van der Waals surface area (Å²) in [5.74, 6) is -2.55. The fraction of sp³-hybridized carbons (Fsp3) is 0.652. The van der Waals surface area contributed by atoms with Crippen molar-refractivity contribution in [3.05, 3.63) is 35.9 Å². The summed E-state index contributed by atoms with van der Waals surface area (Å²) in [6.45, 7) is 1.03. The van der Waals surface area contributed by atoms with Crippen LogP contribution in [0.15, 0.2) is 30.3 Å². The van der Waals surface area contributed by atoms with Crippen LogP contribution >= 0.6 is 23.2 Å². The molecule has 1 amide bonds. The van der Waals surface area contributed by atoms with Crippen LogP contribution in [-0.4, -0.2) is 70.5 Å². The SMILES string of the molecule is CN(C)CCCCCC1C(Cl)CC(C(=O)N[C@@H](Cc2ccccc2)C(=O)O)C(O)C1Cl. The van der Waals surface area contributed by atoms with Crippen molar-refractivity contribution in [2.45, 2.75) is 61.4 Å². The van der Waals surface area contributed by atoms with Gasteiger partial charge in [0.2, 0.25) is 5.91 Å². The Morgan fingerprint density at radius 3 is 2.45 bits per heavy atom. The van der Waals surface area contributed by atoms with Crippen molar-refractivity contribution in [2.24, 2.45) is 11.8 Å². The molecule has 0 radical (unpaired) electrons. The van der Waals surface area contributed by atoms with E-state index >= 15 is 0 Å². The summed E-state index contributed by atoms with van der Waals surface area (Å²) in [6, 6.07) is 8.01. The van der Waals surface area contributed by atoms with E-state index in [1.807, 2.05) is 44.4 Å². The molecule has 0 spiro atoms. The zero-order valence-corrected chi connectivity index (χ0v) is 19.7. The van der Waals surface area contributed by atoms with Crippen LogP contribution in [0.1, 0.15) is 37.7 Å². The summed E-state index contributed by atoms with van der Waals surface area (Å²) in [5.41, 5.74) is 0.805. The molecule has 1 aromatic carbocycles. The van der Waals surface area contributed by atoms with Crippen molar-refractivity contribution >= 4 is 35.1 Å². The zero-order chi connectivity index (χ0) is 23.0. The highest BCUT2D eigenvalue weighted by Gasteiger charge is 2.45. The molecule has 6 nitrogen and oxygen atoms in total. The molecule has 1 fully saturated rings. The zero-order valence-electron chi connectivity index (χ0n) is 18.2. The molecule has 0 bridgehead atoms. The summed E-state index contributed by atoms with van der Waals surface area (Å²) in [4.78, 5) is 26.6. The highest BCUT2D eigenvalue weighted by molar-refractivity contribution is 6.24. The molecule has 0 heterocycles. The predicted molar refractivity (Wildman–Crippen MR) is 124 cm³/mol. The molecule has 0 aromatic heterocycles. The van der Waals surface area contributed by atoms with E-state index in [1.165, 1.54) is 0 Å². The largest absolute Gasteiger partial charge is 0.480 e. The molecule has 174 valence electrons. The van der Waals surface area contributed by atoms with Gasteiger partial charge in [0.25, 0.3) is 0 Å². The first-order valence-corrected chi connectivity index (χ1v) is 11.8. The second-order valence-corrected chi connectivity index (χ2v) is 9.76. The number of nitrogens with zero attached hydrogens (tertiary/aromatic N) is 1. The van der Waals surface area contributed by atoms with E-state index in [9.17, 15) is 19.8 Å². The first kappa shape index (κ1) is 25.9. The fourth-order valence-electron chi connectivity index (χ4n) is 4.15. The van der Waals surface area contributed by atoms with E-state index in [0.29, 0.717) is 0 Å². The maximum atomic E-state index is 12.8. The third-order valence-electron chi connectivity index (χ3n) is 5.97. The number of carbonyl (C=O) groups is 2. The minimum atomic E-state index is -1.12. The second kappa shape index (κ2) is 12.6. The van der Waals surface area contributed by atoms with E-state index in [2.05, 4.69) is 10.2 Å². The lowest BCUT2D eigenvalue weighted by Crippen LogP contribution is -2.54. The number of aliphatic hydroxyl groups is 1. The van der Waals surface area contributed by atoms with Gasteiger partial charge in [-0.2, -0.15) is 0 Å². The van der Waals surface area contributed by atoms with Gasteiger partial charge in [-0.15, -0.1) is 23.2 Å².